The Morgan fingerprint density at radius 3 is 2.94 bits per heavy atom. The minimum atomic E-state index is -0.319. The molecule has 0 saturated heterocycles. The van der Waals surface area contributed by atoms with Crippen LogP contribution >= 0.6 is 15.9 Å². The fraction of sp³-hybridized carbons (Fsp3) is 0.250. The van der Waals surface area contributed by atoms with Crippen LogP contribution in [-0.4, -0.2) is 21.1 Å². The molecular weight excluding hydrogens is 296 g/mol. The van der Waals surface area contributed by atoms with Crippen LogP contribution in [0, 0.1) is 0 Å². The van der Waals surface area contributed by atoms with E-state index in [9.17, 15) is 4.79 Å². The molecule has 0 aliphatic rings. The Morgan fingerprint density at radius 1 is 1.44 bits per heavy atom. The molecule has 0 saturated carbocycles. The zero-order valence-electron chi connectivity index (χ0n) is 9.90. The van der Waals surface area contributed by atoms with E-state index < -0.39 is 0 Å². The van der Waals surface area contributed by atoms with Crippen LogP contribution in [0.5, 0.6) is 0 Å². The van der Waals surface area contributed by atoms with E-state index in [1.807, 2.05) is 31.2 Å². The lowest BCUT2D eigenvalue weighted by molar-refractivity contribution is 0.101. The number of hydrogen-bond acceptors (Lipinski definition) is 3. The van der Waals surface area contributed by atoms with Gasteiger partial charge in [-0.2, -0.15) is 0 Å². The van der Waals surface area contributed by atoms with Crippen LogP contribution in [0.1, 0.15) is 29.8 Å². The maximum absolute atomic E-state index is 11.9. The summed E-state index contributed by atoms with van der Waals surface area (Å²) in [4.78, 5) is 16.0. The maximum atomic E-state index is 11.9. The standard InChI is InChI=1S/C12H13BrN4O/c1-2-5-10-15-11(17-16-10)12(18)14-9-7-4-3-6-8(9)13/h3-4,6-7H,2,5H2,1H3,(H,14,18)(H,15,16,17). The molecule has 5 nitrogen and oxygen atoms in total. The number of carbonyl (C=O) groups excluding carboxylic acids is 1. The first-order valence-corrected chi connectivity index (χ1v) is 6.47. The number of benzene rings is 1. The van der Waals surface area contributed by atoms with Gasteiger partial charge in [-0.1, -0.05) is 19.1 Å². The number of H-pyrrole nitrogens is 1. The van der Waals surface area contributed by atoms with Gasteiger partial charge in [-0.3, -0.25) is 9.89 Å². The predicted molar refractivity (Wildman–Crippen MR) is 72.5 cm³/mol. The Morgan fingerprint density at radius 2 is 2.22 bits per heavy atom. The van der Waals surface area contributed by atoms with E-state index in [0.717, 1.165) is 23.1 Å². The second kappa shape index (κ2) is 5.77. The van der Waals surface area contributed by atoms with Crippen LogP contribution in [0.15, 0.2) is 28.7 Å². The number of amides is 1. The summed E-state index contributed by atoms with van der Waals surface area (Å²) in [5.41, 5.74) is 0.698. The van der Waals surface area contributed by atoms with E-state index in [-0.39, 0.29) is 11.7 Å². The Balaban J connectivity index is 2.10. The second-order valence-corrected chi connectivity index (χ2v) is 4.64. The fourth-order valence-electron chi connectivity index (χ4n) is 1.49. The first kappa shape index (κ1) is 12.8. The highest BCUT2D eigenvalue weighted by Gasteiger charge is 2.13. The van der Waals surface area contributed by atoms with Crippen molar-refractivity contribution in [2.75, 3.05) is 5.32 Å². The largest absolute Gasteiger partial charge is 0.318 e. The molecule has 6 heteroatoms. The van der Waals surface area contributed by atoms with Gasteiger partial charge in [0, 0.05) is 10.9 Å². The van der Waals surface area contributed by atoms with Crippen LogP contribution in [0.3, 0.4) is 0 Å². The van der Waals surface area contributed by atoms with Crippen LogP contribution in [0.25, 0.3) is 0 Å². The van der Waals surface area contributed by atoms with E-state index in [2.05, 4.69) is 36.4 Å². The van der Waals surface area contributed by atoms with Crippen LogP contribution in [0.2, 0.25) is 0 Å². The summed E-state index contributed by atoms with van der Waals surface area (Å²) in [6, 6.07) is 7.39. The molecule has 1 aromatic carbocycles. The molecule has 0 bridgehead atoms. The Kier molecular flexibility index (Phi) is 4.09. The molecular formula is C12H13BrN4O. The van der Waals surface area contributed by atoms with Gasteiger partial charge in [0.25, 0.3) is 5.91 Å². The SMILES string of the molecule is CCCc1nc(C(=O)Nc2ccccc2Br)n[nH]1. The van der Waals surface area contributed by atoms with Crippen LogP contribution in [0.4, 0.5) is 5.69 Å². The summed E-state index contributed by atoms with van der Waals surface area (Å²) in [5.74, 6) is 0.574. The molecule has 18 heavy (non-hydrogen) atoms. The van der Waals surface area contributed by atoms with E-state index in [1.165, 1.54) is 0 Å². The Labute approximate surface area is 113 Å². The molecule has 0 spiro atoms. The van der Waals surface area contributed by atoms with Crippen molar-refractivity contribution < 1.29 is 4.79 Å². The van der Waals surface area contributed by atoms with Crippen molar-refractivity contribution in [1.82, 2.24) is 15.2 Å². The number of carbonyl (C=O) groups is 1. The molecule has 2 rings (SSSR count). The molecule has 1 heterocycles. The number of hydrogen-bond donors (Lipinski definition) is 2. The lowest BCUT2D eigenvalue weighted by Crippen LogP contribution is -2.14. The number of para-hydroxylation sites is 1. The van der Waals surface area contributed by atoms with E-state index in [0.29, 0.717) is 5.69 Å². The van der Waals surface area contributed by atoms with Gasteiger partial charge >= 0.3 is 0 Å². The number of aromatic nitrogens is 3. The number of aryl methyl sites for hydroxylation is 1. The first-order chi connectivity index (χ1) is 8.70. The van der Waals surface area contributed by atoms with Crippen molar-refractivity contribution in [1.29, 1.82) is 0 Å². The molecule has 0 aliphatic carbocycles. The van der Waals surface area contributed by atoms with Gasteiger partial charge < -0.3 is 5.32 Å². The minimum Gasteiger partial charge on any atom is -0.318 e. The molecule has 0 fully saturated rings. The number of nitrogens with zero attached hydrogens (tertiary/aromatic N) is 2. The monoisotopic (exact) mass is 308 g/mol. The topological polar surface area (TPSA) is 70.7 Å². The van der Waals surface area contributed by atoms with E-state index in [4.69, 9.17) is 0 Å². The average Bonchev–Trinajstić information content (AvgIpc) is 2.81. The first-order valence-electron chi connectivity index (χ1n) is 5.68. The molecule has 0 aliphatic heterocycles. The van der Waals surface area contributed by atoms with E-state index >= 15 is 0 Å². The summed E-state index contributed by atoms with van der Waals surface area (Å²) in [5, 5.41) is 9.40. The Hall–Kier alpha value is -1.69. The minimum absolute atomic E-state index is 0.161. The zero-order valence-corrected chi connectivity index (χ0v) is 11.5. The van der Waals surface area contributed by atoms with Crippen LogP contribution in [-0.2, 0) is 6.42 Å². The predicted octanol–water partition coefficient (Wildman–Crippen LogP) is 2.77. The van der Waals surface area contributed by atoms with Crippen molar-refractivity contribution in [2.45, 2.75) is 19.8 Å². The Bertz CT molecular complexity index is 553. The van der Waals surface area contributed by atoms with Gasteiger partial charge in [0.1, 0.15) is 5.82 Å². The molecule has 0 atom stereocenters. The number of rotatable bonds is 4. The highest BCUT2D eigenvalue weighted by Crippen LogP contribution is 2.21. The van der Waals surface area contributed by atoms with Gasteiger partial charge in [0.05, 0.1) is 5.69 Å². The van der Waals surface area contributed by atoms with Gasteiger partial charge in [-0.25, -0.2) is 4.98 Å². The van der Waals surface area contributed by atoms with Crippen molar-refractivity contribution in [3.8, 4) is 0 Å². The lowest BCUT2D eigenvalue weighted by atomic mass is 10.3. The van der Waals surface area contributed by atoms with Gasteiger partial charge in [0.15, 0.2) is 0 Å². The molecule has 2 aromatic rings. The summed E-state index contributed by atoms with van der Waals surface area (Å²) in [7, 11) is 0. The van der Waals surface area contributed by atoms with Gasteiger partial charge in [0.2, 0.25) is 5.82 Å². The third-order valence-corrected chi connectivity index (χ3v) is 3.04. The number of halogens is 1. The quantitative estimate of drug-likeness (QED) is 0.912. The van der Waals surface area contributed by atoms with Gasteiger partial charge in [-0.15, -0.1) is 5.10 Å². The van der Waals surface area contributed by atoms with E-state index in [1.54, 1.807) is 0 Å². The summed E-state index contributed by atoms with van der Waals surface area (Å²) in [6.07, 6.45) is 1.75. The smallest absolute Gasteiger partial charge is 0.295 e. The molecule has 94 valence electrons. The maximum Gasteiger partial charge on any atom is 0.295 e. The summed E-state index contributed by atoms with van der Waals surface area (Å²) < 4.78 is 0.822. The summed E-state index contributed by atoms with van der Waals surface area (Å²) >= 11 is 3.36. The summed E-state index contributed by atoms with van der Waals surface area (Å²) in [6.45, 7) is 2.04. The normalized spacial score (nSPS) is 10.3. The molecule has 1 amide bonds. The van der Waals surface area contributed by atoms with Crippen LogP contribution < -0.4 is 5.32 Å². The number of aromatic amines is 1. The number of anilines is 1. The molecule has 2 N–H and O–H groups in total. The third-order valence-electron chi connectivity index (χ3n) is 2.34. The lowest BCUT2D eigenvalue weighted by Gasteiger charge is -2.04. The van der Waals surface area contributed by atoms with Crippen molar-refractivity contribution in [3.63, 3.8) is 0 Å². The van der Waals surface area contributed by atoms with Gasteiger partial charge in [-0.05, 0) is 34.5 Å². The van der Waals surface area contributed by atoms with Crippen molar-refractivity contribution >= 4 is 27.5 Å². The third kappa shape index (κ3) is 2.95. The average molecular weight is 309 g/mol. The highest BCUT2D eigenvalue weighted by molar-refractivity contribution is 9.10. The number of nitrogens with one attached hydrogen (secondary N) is 2. The molecule has 0 unspecified atom stereocenters. The zero-order chi connectivity index (χ0) is 13.0. The molecule has 0 radical (unpaired) electrons. The second-order valence-electron chi connectivity index (χ2n) is 3.79. The highest BCUT2D eigenvalue weighted by atomic mass is 79.9. The fourth-order valence-corrected chi connectivity index (χ4v) is 1.87. The van der Waals surface area contributed by atoms with Crippen molar-refractivity contribution in [2.24, 2.45) is 0 Å². The van der Waals surface area contributed by atoms with Crippen molar-refractivity contribution in [3.05, 3.63) is 40.4 Å². The molecule has 1 aromatic heterocycles.